The Morgan fingerprint density at radius 3 is 2.39 bits per heavy atom. The summed E-state index contributed by atoms with van der Waals surface area (Å²) >= 11 is 15.9. The van der Waals surface area contributed by atoms with Gasteiger partial charge in [0.2, 0.25) is 5.91 Å². The van der Waals surface area contributed by atoms with Gasteiger partial charge in [-0.25, -0.2) is 0 Å². The second kappa shape index (κ2) is 11.6. The number of aryl methyl sites for hydroxylation is 2. The molecule has 1 saturated carbocycles. The van der Waals surface area contributed by atoms with Gasteiger partial charge in [0, 0.05) is 27.1 Å². The zero-order chi connectivity index (χ0) is 24.1. The van der Waals surface area contributed by atoms with Gasteiger partial charge in [-0.05, 0) is 74.6 Å². The van der Waals surface area contributed by atoms with Crippen LogP contribution >= 0.6 is 39.1 Å². The van der Waals surface area contributed by atoms with Crippen molar-refractivity contribution in [2.75, 3.05) is 6.61 Å². The molecular weight excluding hydrogens is 527 g/mol. The Hall–Kier alpha value is -1.76. The van der Waals surface area contributed by atoms with Crippen LogP contribution in [0.2, 0.25) is 10.0 Å². The minimum Gasteiger partial charge on any atom is -0.484 e. The highest BCUT2D eigenvalue weighted by Gasteiger charge is 2.29. The first-order chi connectivity index (χ1) is 15.7. The van der Waals surface area contributed by atoms with Gasteiger partial charge in [-0.15, -0.1) is 0 Å². The van der Waals surface area contributed by atoms with Crippen molar-refractivity contribution in [1.29, 1.82) is 0 Å². The van der Waals surface area contributed by atoms with Crippen LogP contribution in [0.5, 0.6) is 5.75 Å². The van der Waals surface area contributed by atoms with Crippen LogP contribution in [0.4, 0.5) is 0 Å². The van der Waals surface area contributed by atoms with Crippen LogP contribution in [0, 0.1) is 13.8 Å². The van der Waals surface area contributed by atoms with Crippen molar-refractivity contribution in [1.82, 2.24) is 10.2 Å². The molecule has 0 aliphatic heterocycles. The van der Waals surface area contributed by atoms with Crippen molar-refractivity contribution >= 4 is 50.9 Å². The molecule has 0 heterocycles. The van der Waals surface area contributed by atoms with E-state index >= 15 is 0 Å². The number of benzene rings is 2. The lowest BCUT2D eigenvalue weighted by Gasteiger charge is -2.30. The number of halogens is 3. The molecule has 8 heteroatoms. The number of rotatable bonds is 8. The van der Waals surface area contributed by atoms with E-state index in [4.69, 9.17) is 27.9 Å². The number of nitrogens with zero attached hydrogens (tertiary/aromatic N) is 1. The van der Waals surface area contributed by atoms with E-state index in [2.05, 4.69) is 21.2 Å². The van der Waals surface area contributed by atoms with Gasteiger partial charge in [0.05, 0.1) is 0 Å². The van der Waals surface area contributed by atoms with Crippen LogP contribution < -0.4 is 10.1 Å². The Kier molecular flexibility index (Phi) is 9.08. The van der Waals surface area contributed by atoms with Gasteiger partial charge in [-0.3, -0.25) is 9.59 Å². The molecule has 0 saturated heterocycles. The van der Waals surface area contributed by atoms with Crippen LogP contribution in [-0.4, -0.2) is 35.4 Å². The molecule has 0 unspecified atom stereocenters. The van der Waals surface area contributed by atoms with Crippen molar-refractivity contribution < 1.29 is 14.3 Å². The van der Waals surface area contributed by atoms with E-state index in [1.54, 1.807) is 25.1 Å². The number of carbonyl (C=O) groups excluding carboxylic acids is 2. The molecule has 1 atom stereocenters. The third-order valence-electron chi connectivity index (χ3n) is 6.00. The van der Waals surface area contributed by atoms with Crippen molar-refractivity contribution in [2.24, 2.45) is 0 Å². The summed E-state index contributed by atoms with van der Waals surface area (Å²) < 4.78 is 6.83. The second-order valence-electron chi connectivity index (χ2n) is 8.58. The smallest absolute Gasteiger partial charge is 0.261 e. The average Bonchev–Trinajstić information content (AvgIpc) is 3.27. The van der Waals surface area contributed by atoms with Crippen molar-refractivity contribution in [3.05, 3.63) is 61.5 Å². The molecule has 33 heavy (non-hydrogen) atoms. The highest BCUT2D eigenvalue weighted by Crippen LogP contribution is 2.27. The number of nitrogens with one attached hydrogen (secondary N) is 1. The van der Waals surface area contributed by atoms with Gasteiger partial charge in [0.1, 0.15) is 11.8 Å². The molecule has 5 nitrogen and oxygen atoms in total. The van der Waals surface area contributed by atoms with Gasteiger partial charge >= 0.3 is 0 Å². The summed E-state index contributed by atoms with van der Waals surface area (Å²) in [7, 11) is 0. The van der Waals surface area contributed by atoms with E-state index in [-0.39, 0.29) is 31.0 Å². The predicted molar refractivity (Wildman–Crippen MR) is 136 cm³/mol. The Morgan fingerprint density at radius 1 is 1.15 bits per heavy atom. The number of amides is 2. The van der Waals surface area contributed by atoms with E-state index < -0.39 is 6.04 Å². The Morgan fingerprint density at radius 2 is 1.79 bits per heavy atom. The van der Waals surface area contributed by atoms with E-state index in [0.717, 1.165) is 41.3 Å². The maximum Gasteiger partial charge on any atom is 0.261 e. The first-order valence-electron chi connectivity index (χ1n) is 11.1. The van der Waals surface area contributed by atoms with Crippen molar-refractivity contribution in [3.8, 4) is 5.75 Å². The topological polar surface area (TPSA) is 58.6 Å². The summed E-state index contributed by atoms with van der Waals surface area (Å²) in [6, 6.07) is 8.37. The number of carbonyl (C=O) groups is 2. The molecule has 0 bridgehead atoms. The highest BCUT2D eigenvalue weighted by atomic mass is 79.9. The maximum absolute atomic E-state index is 13.3. The third-order valence-corrected chi connectivity index (χ3v) is 7.83. The summed E-state index contributed by atoms with van der Waals surface area (Å²) in [6.07, 6.45) is 4.17. The van der Waals surface area contributed by atoms with Gasteiger partial charge in [-0.2, -0.15) is 0 Å². The molecule has 178 valence electrons. The normalized spacial score (nSPS) is 14.7. The largest absolute Gasteiger partial charge is 0.484 e. The Bertz CT molecular complexity index is 1000. The van der Waals surface area contributed by atoms with E-state index in [1.165, 1.54) is 4.90 Å². The summed E-state index contributed by atoms with van der Waals surface area (Å²) in [4.78, 5) is 27.7. The fourth-order valence-electron chi connectivity index (χ4n) is 4.03. The molecule has 2 amide bonds. The van der Waals surface area contributed by atoms with E-state index in [0.29, 0.717) is 21.4 Å². The molecule has 2 aromatic rings. The van der Waals surface area contributed by atoms with Gasteiger partial charge in [-0.1, -0.05) is 58.0 Å². The molecule has 0 spiro atoms. The molecule has 1 aliphatic carbocycles. The zero-order valence-electron chi connectivity index (χ0n) is 19.1. The summed E-state index contributed by atoms with van der Waals surface area (Å²) in [5.41, 5.74) is 2.75. The molecule has 1 fully saturated rings. The van der Waals surface area contributed by atoms with Crippen LogP contribution in [0.1, 0.15) is 49.3 Å². The Balaban J connectivity index is 1.77. The molecule has 3 rings (SSSR count). The minimum absolute atomic E-state index is 0.168. The van der Waals surface area contributed by atoms with Crippen LogP contribution in [0.15, 0.2) is 34.8 Å². The number of hydrogen-bond acceptors (Lipinski definition) is 3. The van der Waals surface area contributed by atoms with Crippen LogP contribution in [0.3, 0.4) is 0 Å². The zero-order valence-corrected chi connectivity index (χ0v) is 22.2. The molecular formula is C25H29BrCl2N2O3. The first-order valence-corrected chi connectivity index (χ1v) is 12.6. The van der Waals surface area contributed by atoms with Crippen molar-refractivity contribution in [2.45, 2.75) is 65.1 Å². The molecule has 1 N–H and O–H groups in total. The van der Waals surface area contributed by atoms with E-state index in [9.17, 15) is 9.59 Å². The summed E-state index contributed by atoms with van der Waals surface area (Å²) in [5.74, 6) is 0.137. The lowest BCUT2D eigenvalue weighted by Crippen LogP contribution is -2.50. The number of ether oxygens (including phenoxy) is 1. The summed E-state index contributed by atoms with van der Waals surface area (Å²) in [5, 5.41) is 4.05. The third kappa shape index (κ3) is 6.87. The number of hydrogen-bond donors (Lipinski definition) is 1. The Labute approximate surface area is 213 Å². The fraction of sp³-hybridized carbons (Fsp3) is 0.440. The van der Waals surface area contributed by atoms with Crippen molar-refractivity contribution in [3.63, 3.8) is 0 Å². The minimum atomic E-state index is -0.679. The lowest BCUT2D eigenvalue weighted by molar-refractivity contribution is -0.142. The molecule has 1 aliphatic rings. The van der Waals surface area contributed by atoms with E-state index in [1.807, 2.05) is 26.0 Å². The summed E-state index contributed by atoms with van der Waals surface area (Å²) in [6.45, 7) is 5.66. The van der Waals surface area contributed by atoms with Crippen LogP contribution in [-0.2, 0) is 16.1 Å². The maximum atomic E-state index is 13.3. The van der Waals surface area contributed by atoms with Gasteiger partial charge in [0.25, 0.3) is 5.91 Å². The monoisotopic (exact) mass is 554 g/mol. The van der Waals surface area contributed by atoms with Crippen LogP contribution in [0.25, 0.3) is 0 Å². The second-order valence-corrected chi connectivity index (χ2v) is 10.2. The van der Waals surface area contributed by atoms with Gasteiger partial charge in [0.15, 0.2) is 6.61 Å². The first kappa shape index (κ1) is 25.9. The molecule has 0 radical (unpaired) electrons. The average molecular weight is 556 g/mol. The lowest BCUT2D eigenvalue weighted by atomic mass is 10.1. The molecule has 0 aromatic heterocycles. The fourth-order valence-corrected chi connectivity index (χ4v) is 4.72. The van der Waals surface area contributed by atoms with Gasteiger partial charge < -0.3 is 15.0 Å². The predicted octanol–water partition coefficient (Wildman–Crippen LogP) is 6.23. The SMILES string of the molecule is Cc1cc(OCC(=O)N(Cc2ccc(Cl)cc2Cl)[C@H](C)C(=O)NC2CCCC2)cc(C)c1Br. The quantitative estimate of drug-likeness (QED) is 0.420. The highest BCUT2D eigenvalue weighted by molar-refractivity contribution is 9.10. The standard InChI is InChI=1S/C25H29BrCl2N2O3/c1-15-10-21(11-16(2)24(15)26)33-14-23(31)30(13-18-8-9-19(27)12-22(18)28)17(3)25(32)29-20-6-4-5-7-20/h8-12,17,20H,4-7,13-14H2,1-3H3,(H,29,32)/t17-/m1/s1. The molecule has 2 aromatic carbocycles.